The summed E-state index contributed by atoms with van der Waals surface area (Å²) in [6.45, 7) is 23.1. The first-order valence-electron chi connectivity index (χ1n) is 23.4. The highest BCUT2D eigenvalue weighted by molar-refractivity contribution is 5.78. The molecule has 0 saturated heterocycles. The Morgan fingerprint density at radius 3 is 0.827 bits per heavy atom. The Morgan fingerprint density at radius 2 is 0.596 bits per heavy atom. The van der Waals surface area contributed by atoms with Crippen molar-refractivity contribution in [2.45, 2.75) is 265 Å². The molecular weight excluding hydrogens is 629 g/mol. The molecule has 304 valence electrons. The van der Waals surface area contributed by atoms with Crippen LogP contribution < -0.4 is 0 Å². The third kappa shape index (κ3) is 38.4. The van der Waals surface area contributed by atoms with E-state index < -0.39 is 0 Å². The molecule has 1 atom stereocenters. The summed E-state index contributed by atoms with van der Waals surface area (Å²) in [7, 11) is 0. The minimum Gasteiger partial charge on any atom is -0.300 e. The van der Waals surface area contributed by atoms with Gasteiger partial charge in [0.2, 0.25) is 0 Å². The molecule has 1 nitrogen and oxygen atoms in total. The predicted molar refractivity (Wildman–Crippen MR) is 238 cm³/mol. The van der Waals surface area contributed by atoms with E-state index in [1.54, 1.807) is 0 Å². The number of Topliss-reactive ketones (excluding diaryl/α,β-unsaturated/α-hetero) is 1. The highest BCUT2D eigenvalue weighted by Crippen LogP contribution is 2.22. The van der Waals surface area contributed by atoms with Crippen molar-refractivity contribution in [3.8, 4) is 0 Å². The summed E-state index contributed by atoms with van der Waals surface area (Å²) in [5, 5.41) is 0. The standard InChI is InChI=1S/C51H94O/c1-8-50(47(4)5)45-51(52)44-38-32-26-25-31-37-43-49(7)42-36-30-24-23-29-35-41-48(6)40-34-28-22-20-18-16-14-12-10-9-11-13-15-17-19-21-27-33-39-46(2)3/h50H,2,4,6-45H2,1,3,5H3. The maximum absolute atomic E-state index is 12.2. The van der Waals surface area contributed by atoms with Crippen LogP contribution in [0.15, 0.2) is 48.6 Å². The van der Waals surface area contributed by atoms with E-state index in [2.05, 4.69) is 47.1 Å². The molecule has 0 rings (SSSR count). The van der Waals surface area contributed by atoms with Crippen LogP contribution >= 0.6 is 0 Å². The van der Waals surface area contributed by atoms with Gasteiger partial charge in [-0.25, -0.2) is 0 Å². The number of unbranched alkanes of at least 4 members (excludes halogenated alkanes) is 27. The lowest BCUT2D eigenvalue weighted by molar-refractivity contribution is -0.119. The van der Waals surface area contributed by atoms with E-state index in [4.69, 9.17) is 0 Å². The lowest BCUT2D eigenvalue weighted by Crippen LogP contribution is -2.08. The molecule has 0 aliphatic rings. The highest BCUT2D eigenvalue weighted by Gasteiger charge is 2.12. The van der Waals surface area contributed by atoms with Crippen LogP contribution in [0.5, 0.6) is 0 Å². The van der Waals surface area contributed by atoms with Gasteiger partial charge in [0.05, 0.1) is 0 Å². The van der Waals surface area contributed by atoms with E-state index >= 15 is 0 Å². The van der Waals surface area contributed by atoms with Crippen LogP contribution in [0.1, 0.15) is 265 Å². The van der Waals surface area contributed by atoms with E-state index in [-0.39, 0.29) is 0 Å². The Labute approximate surface area is 328 Å². The largest absolute Gasteiger partial charge is 0.300 e. The molecule has 52 heavy (non-hydrogen) atoms. The Balaban J connectivity index is 3.32. The zero-order valence-electron chi connectivity index (χ0n) is 36.2. The molecule has 0 spiro atoms. The highest BCUT2D eigenvalue weighted by atomic mass is 16.1. The third-order valence-corrected chi connectivity index (χ3v) is 11.6. The van der Waals surface area contributed by atoms with Gasteiger partial charge in [-0.1, -0.05) is 203 Å². The van der Waals surface area contributed by atoms with Crippen molar-refractivity contribution in [2.75, 3.05) is 0 Å². The van der Waals surface area contributed by atoms with Gasteiger partial charge in [0, 0.05) is 12.8 Å². The second kappa shape index (κ2) is 39.3. The fourth-order valence-electron chi connectivity index (χ4n) is 7.79. The molecule has 0 heterocycles. The minimum atomic E-state index is 0.383. The van der Waals surface area contributed by atoms with Crippen LogP contribution in [0, 0.1) is 5.92 Å². The van der Waals surface area contributed by atoms with Crippen molar-refractivity contribution in [2.24, 2.45) is 5.92 Å². The zero-order chi connectivity index (χ0) is 38.3. The maximum Gasteiger partial charge on any atom is 0.133 e. The molecule has 0 amide bonds. The van der Waals surface area contributed by atoms with Crippen molar-refractivity contribution in [3.05, 3.63) is 48.6 Å². The Morgan fingerprint density at radius 1 is 0.365 bits per heavy atom. The number of hydrogen-bond acceptors (Lipinski definition) is 1. The second-order valence-corrected chi connectivity index (χ2v) is 17.3. The van der Waals surface area contributed by atoms with Crippen LogP contribution in [-0.2, 0) is 4.79 Å². The van der Waals surface area contributed by atoms with Gasteiger partial charge < -0.3 is 0 Å². The van der Waals surface area contributed by atoms with Crippen molar-refractivity contribution in [1.82, 2.24) is 0 Å². The fraction of sp³-hybridized carbons (Fsp3) is 0.824. The Hall–Kier alpha value is -1.37. The normalized spacial score (nSPS) is 11.9. The number of rotatable bonds is 43. The molecule has 0 aromatic rings. The Kier molecular flexibility index (Phi) is 38.3. The van der Waals surface area contributed by atoms with E-state index in [1.807, 2.05) is 0 Å². The van der Waals surface area contributed by atoms with Gasteiger partial charge in [-0.2, -0.15) is 0 Å². The molecule has 0 aromatic carbocycles. The van der Waals surface area contributed by atoms with E-state index in [1.165, 1.54) is 235 Å². The summed E-state index contributed by atoms with van der Waals surface area (Å²) >= 11 is 0. The number of ketones is 1. The van der Waals surface area contributed by atoms with Gasteiger partial charge in [-0.15, -0.1) is 6.58 Å². The summed E-state index contributed by atoms with van der Waals surface area (Å²) in [4.78, 5) is 12.2. The van der Waals surface area contributed by atoms with Crippen molar-refractivity contribution >= 4 is 5.78 Å². The topological polar surface area (TPSA) is 17.1 Å². The monoisotopic (exact) mass is 723 g/mol. The van der Waals surface area contributed by atoms with Crippen molar-refractivity contribution < 1.29 is 4.79 Å². The Bertz CT molecular complexity index is 860. The average molecular weight is 723 g/mol. The molecule has 1 heteroatoms. The van der Waals surface area contributed by atoms with Gasteiger partial charge in [-0.3, -0.25) is 4.79 Å². The molecule has 1 unspecified atom stereocenters. The van der Waals surface area contributed by atoms with Crippen LogP contribution in [0.4, 0.5) is 0 Å². The number of allylic oxidation sites excluding steroid dienone is 4. The first-order valence-corrected chi connectivity index (χ1v) is 23.4. The van der Waals surface area contributed by atoms with Crippen LogP contribution in [-0.4, -0.2) is 5.78 Å². The van der Waals surface area contributed by atoms with Crippen LogP contribution in [0.25, 0.3) is 0 Å². The van der Waals surface area contributed by atoms with Crippen LogP contribution in [0.2, 0.25) is 0 Å². The predicted octanol–water partition coefficient (Wildman–Crippen LogP) is 18.3. The quantitative estimate of drug-likeness (QED) is 0.0452. The molecule has 0 fully saturated rings. The number of carbonyl (C=O) groups is 1. The molecule has 0 saturated carbocycles. The molecule has 0 aromatic heterocycles. The maximum atomic E-state index is 12.2. The van der Waals surface area contributed by atoms with E-state index in [9.17, 15) is 4.79 Å². The third-order valence-electron chi connectivity index (χ3n) is 11.6. The molecule has 0 radical (unpaired) electrons. The smallest absolute Gasteiger partial charge is 0.133 e. The first-order chi connectivity index (χ1) is 25.3. The molecule has 0 aliphatic carbocycles. The van der Waals surface area contributed by atoms with Crippen molar-refractivity contribution in [1.29, 1.82) is 0 Å². The van der Waals surface area contributed by atoms with Gasteiger partial charge in [0.25, 0.3) is 0 Å². The summed E-state index contributed by atoms with van der Waals surface area (Å²) in [5.41, 5.74) is 5.46. The second-order valence-electron chi connectivity index (χ2n) is 17.3. The van der Waals surface area contributed by atoms with Gasteiger partial charge >= 0.3 is 0 Å². The number of hydrogen-bond donors (Lipinski definition) is 0. The van der Waals surface area contributed by atoms with Crippen molar-refractivity contribution in [3.63, 3.8) is 0 Å². The van der Waals surface area contributed by atoms with Gasteiger partial charge in [-0.05, 0) is 96.8 Å². The lowest BCUT2D eigenvalue weighted by Gasteiger charge is -2.13. The van der Waals surface area contributed by atoms with Gasteiger partial charge in [0.15, 0.2) is 0 Å². The van der Waals surface area contributed by atoms with Crippen LogP contribution in [0.3, 0.4) is 0 Å². The average Bonchev–Trinajstić information content (AvgIpc) is 3.11. The number of carbonyl (C=O) groups excluding carboxylic acids is 1. The lowest BCUT2D eigenvalue weighted by atomic mass is 9.91. The summed E-state index contributed by atoms with van der Waals surface area (Å²) in [5.74, 6) is 0.811. The first kappa shape index (κ1) is 50.6. The summed E-state index contributed by atoms with van der Waals surface area (Å²) in [6.07, 6.45) is 50.0. The van der Waals surface area contributed by atoms with Gasteiger partial charge in [0.1, 0.15) is 5.78 Å². The SMILES string of the molecule is C=C(C)CCCCCCCCCCCCCCCCCCCCC(=C)CCCCCCCCC(=C)CCCCCCCCC(=O)CC(CC)C(=C)C. The van der Waals surface area contributed by atoms with E-state index in [0.29, 0.717) is 18.1 Å². The zero-order valence-corrected chi connectivity index (χ0v) is 36.2. The fourth-order valence-corrected chi connectivity index (χ4v) is 7.79. The minimum absolute atomic E-state index is 0.383. The summed E-state index contributed by atoms with van der Waals surface area (Å²) < 4.78 is 0. The van der Waals surface area contributed by atoms with E-state index in [0.717, 1.165) is 24.8 Å². The molecule has 0 bridgehead atoms. The molecule has 0 N–H and O–H groups in total. The summed E-state index contributed by atoms with van der Waals surface area (Å²) in [6, 6.07) is 0. The molecule has 0 aliphatic heterocycles. The molecular formula is C51H94O.